The van der Waals surface area contributed by atoms with E-state index in [1.165, 1.54) is 4.70 Å². The van der Waals surface area contributed by atoms with Crippen LogP contribution >= 0.6 is 11.3 Å². The molecule has 5 heteroatoms. The smallest absolute Gasteiger partial charge is 0.117 e. The van der Waals surface area contributed by atoms with Crippen molar-refractivity contribution in [1.29, 1.82) is 0 Å². The number of hydrogen-bond donors (Lipinski definition) is 1. The summed E-state index contributed by atoms with van der Waals surface area (Å²) in [6.07, 6.45) is 1.16. The Labute approximate surface area is 146 Å². The average molecular weight is 338 g/mol. The monoisotopic (exact) mass is 338 g/mol. The van der Waals surface area contributed by atoms with Crippen LogP contribution in [0.1, 0.15) is 28.9 Å². The number of nitrogens with one attached hydrogen (secondary N) is 1. The van der Waals surface area contributed by atoms with E-state index in [4.69, 9.17) is 9.97 Å². The molecular formula is C19H22N4S. The van der Waals surface area contributed by atoms with Crippen molar-refractivity contribution in [1.82, 2.24) is 20.2 Å². The number of rotatable bonds is 3. The van der Waals surface area contributed by atoms with Crippen molar-refractivity contribution in [2.45, 2.75) is 19.4 Å². The minimum absolute atomic E-state index is 0.141. The summed E-state index contributed by atoms with van der Waals surface area (Å²) in [4.78, 5) is 12.3. The Morgan fingerprint density at radius 1 is 1.04 bits per heavy atom. The molecule has 0 saturated carbocycles. The van der Waals surface area contributed by atoms with Crippen molar-refractivity contribution in [3.63, 3.8) is 0 Å². The maximum absolute atomic E-state index is 4.94. The normalized spacial score (nSPS) is 17.7. The van der Waals surface area contributed by atoms with Crippen molar-refractivity contribution >= 4 is 21.6 Å². The summed E-state index contributed by atoms with van der Waals surface area (Å²) >= 11 is 1.79. The summed E-state index contributed by atoms with van der Waals surface area (Å²) in [6.45, 7) is 6.26. The molecule has 1 fully saturated rings. The molecule has 0 spiro atoms. The molecule has 4 nitrogen and oxygen atoms in total. The van der Waals surface area contributed by atoms with Crippen LogP contribution in [0.15, 0.2) is 42.5 Å². The van der Waals surface area contributed by atoms with Crippen molar-refractivity contribution < 1.29 is 0 Å². The van der Waals surface area contributed by atoms with Gasteiger partial charge in [-0.25, -0.2) is 4.98 Å². The van der Waals surface area contributed by atoms with Gasteiger partial charge in [-0.1, -0.05) is 18.2 Å². The number of hydrogen-bond acceptors (Lipinski definition) is 5. The van der Waals surface area contributed by atoms with Crippen LogP contribution in [-0.4, -0.2) is 41.0 Å². The molecule has 1 aliphatic rings. The maximum atomic E-state index is 4.94. The van der Waals surface area contributed by atoms with Crippen LogP contribution in [0.25, 0.3) is 10.2 Å². The number of benzene rings is 1. The van der Waals surface area contributed by atoms with E-state index in [2.05, 4.69) is 59.6 Å². The molecule has 4 rings (SSSR count). The fourth-order valence-electron chi connectivity index (χ4n) is 3.32. The molecule has 0 radical (unpaired) electrons. The number of aryl methyl sites for hydroxylation is 1. The van der Waals surface area contributed by atoms with Crippen molar-refractivity contribution in [3.05, 3.63) is 58.9 Å². The molecule has 0 amide bonds. The largest absolute Gasteiger partial charge is 0.315 e. The minimum atomic E-state index is 0.141. The third-order valence-corrected chi connectivity index (χ3v) is 5.56. The van der Waals surface area contributed by atoms with E-state index in [-0.39, 0.29) is 6.04 Å². The summed E-state index contributed by atoms with van der Waals surface area (Å²) in [5.41, 5.74) is 3.26. The van der Waals surface area contributed by atoms with E-state index in [1.54, 1.807) is 11.3 Å². The number of nitrogens with zero attached hydrogens (tertiary/aromatic N) is 3. The lowest BCUT2D eigenvalue weighted by Gasteiger charge is -2.28. The zero-order chi connectivity index (χ0) is 16.4. The quantitative estimate of drug-likeness (QED) is 0.795. The van der Waals surface area contributed by atoms with Gasteiger partial charge in [0.05, 0.1) is 15.9 Å². The van der Waals surface area contributed by atoms with Gasteiger partial charge in [0.2, 0.25) is 0 Å². The molecule has 1 saturated heterocycles. The van der Waals surface area contributed by atoms with Crippen LogP contribution in [0, 0.1) is 6.92 Å². The van der Waals surface area contributed by atoms with E-state index in [0.29, 0.717) is 0 Å². The van der Waals surface area contributed by atoms with E-state index < -0.39 is 0 Å². The fraction of sp³-hybridized carbons (Fsp3) is 0.368. The molecule has 1 aromatic carbocycles. The van der Waals surface area contributed by atoms with E-state index in [0.717, 1.165) is 54.5 Å². The van der Waals surface area contributed by atoms with E-state index >= 15 is 0 Å². The van der Waals surface area contributed by atoms with Gasteiger partial charge in [0, 0.05) is 25.3 Å². The topological polar surface area (TPSA) is 41.1 Å². The summed E-state index contributed by atoms with van der Waals surface area (Å²) in [7, 11) is 0. The Morgan fingerprint density at radius 3 is 2.83 bits per heavy atom. The zero-order valence-electron chi connectivity index (χ0n) is 13.9. The number of pyridine rings is 1. The first-order valence-corrected chi connectivity index (χ1v) is 9.37. The lowest BCUT2D eigenvalue weighted by molar-refractivity contribution is 0.237. The van der Waals surface area contributed by atoms with Gasteiger partial charge in [0.1, 0.15) is 11.0 Å². The Balaban J connectivity index is 1.79. The Kier molecular flexibility index (Phi) is 4.56. The van der Waals surface area contributed by atoms with E-state index in [9.17, 15) is 0 Å². The SMILES string of the molecule is Cc1cccc(C(c2nc3ccccc3s2)N2CCCNCC2)n1. The first kappa shape index (κ1) is 15.7. The molecular weight excluding hydrogens is 316 g/mol. The van der Waals surface area contributed by atoms with Crippen LogP contribution in [0.5, 0.6) is 0 Å². The second-order valence-corrected chi connectivity index (χ2v) is 7.33. The van der Waals surface area contributed by atoms with Crippen LogP contribution in [-0.2, 0) is 0 Å². The summed E-state index contributed by atoms with van der Waals surface area (Å²) in [5, 5.41) is 4.64. The van der Waals surface area contributed by atoms with E-state index in [1.807, 2.05) is 0 Å². The number of thiazole rings is 1. The van der Waals surface area contributed by atoms with Crippen molar-refractivity contribution in [2.24, 2.45) is 0 Å². The van der Waals surface area contributed by atoms with Gasteiger partial charge in [-0.15, -0.1) is 11.3 Å². The first-order chi connectivity index (χ1) is 11.8. The van der Waals surface area contributed by atoms with Gasteiger partial charge in [0.25, 0.3) is 0 Å². The minimum Gasteiger partial charge on any atom is -0.315 e. The third-order valence-electron chi connectivity index (χ3n) is 4.47. The van der Waals surface area contributed by atoms with Crippen LogP contribution < -0.4 is 5.32 Å². The third kappa shape index (κ3) is 3.20. The Morgan fingerprint density at radius 2 is 1.96 bits per heavy atom. The van der Waals surface area contributed by atoms with Crippen molar-refractivity contribution in [2.75, 3.05) is 26.2 Å². The molecule has 1 atom stereocenters. The zero-order valence-corrected chi connectivity index (χ0v) is 14.7. The highest BCUT2D eigenvalue weighted by molar-refractivity contribution is 7.18. The van der Waals surface area contributed by atoms with Crippen molar-refractivity contribution in [3.8, 4) is 0 Å². The second-order valence-electron chi connectivity index (χ2n) is 6.27. The van der Waals surface area contributed by atoms with Crippen LogP contribution in [0.4, 0.5) is 0 Å². The predicted molar refractivity (Wildman–Crippen MR) is 99.5 cm³/mol. The molecule has 1 N–H and O–H groups in total. The summed E-state index contributed by atoms with van der Waals surface area (Å²) in [6, 6.07) is 14.8. The van der Waals surface area contributed by atoms with Crippen LogP contribution in [0.3, 0.4) is 0 Å². The summed E-state index contributed by atoms with van der Waals surface area (Å²) in [5.74, 6) is 0. The molecule has 1 aliphatic heterocycles. The first-order valence-electron chi connectivity index (χ1n) is 8.55. The summed E-state index contributed by atoms with van der Waals surface area (Å²) < 4.78 is 1.25. The Hall–Kier alpha value is -1.82. The average Bonchev–Trinajstić information content (AvgIpc) is 2.82. The van der Waals surface area contributed by atoms with Crippen LogP contribution in [0.2, 0.25) is 0 Å². The highest BCUT2D eigenvalue weighted by Gasteiger charge is 2.27. The number of para-hydroxylation sites is 1. The molecule has 24 heavy (non-hydrogen) atoms. The van der Waals surface area contributed by atoms with Gasteiger partial charge in [-0.2, -0.15) is 0 Å². The number of aromatic nitrogens is 2. The lowest BCUT2D eigenvalue weighted by atomic mass is 10.1. The Bertz CT molecular complexity index is 788. The molecule has 2 aromatic heterocycles. The van der Waals surface area contributed by atoms with Gasteiger partial charge >= 0.3 is 0 Å². The standard InChI is InChI=1S/C19H22N4S/c1-14-6-4-8-16(21-14)18(23-12-5-10-20-11-13-23)19-22-15-7-2-3-9-17(15)24-19/h2-4,6-9,18,20H,5,10-13H2,1H3. The second kappa shape index (κ2) is 6.97. The maximum Gasteiger partial charge on any atom is 0.117 e. The number of fused-ring (bicyclic) bond motifs is 1. The molecule has 3 aromatic rings. The molecule has 0 bridgehead atoms. The molecule has 1 unspecified atom stereocenters. The molecule has 3 heterocycles. The molecule has 0 aliphatic carbocycles. The van der Waals surface area contributed by atoms with Gasteiger partial charge in [0.15, 0.2) is 0 Å². The predicted octanol–water partition coefficient (Wildman–Crippen LogP) is 3.38. The van der Waals surface area contributed by atoms with Gasteiger partial charge in [-0.05, 0) is 44.2 Å². The highest BCUT2D eigenvalue weighted by atomic mass is 32.1. The lowest BCUT2D eigenvalue weighted by Crippen LogP contribution is -2.33. The molecule has 124 valence electrons. The highest BCUT2D eigenvalue weighted by Crippen LogP contribution is 2.33. The van der Waals surface area contributed by atoms with Gasteiger partial charge < -0.3 is 5.32 Å². The fourth-order valence-corrected chi connectivity index (χ4v) is 4.43. The van der Waals surface area contributed by atoms with Gasteiger partial charge in [-0.3, -0.25) is 9.88 Å².